The van der Waals surface area contributed by atoms with Crippen LogP contribution in [0, 0.1) is 5.92 Å². The lowest BCUT2D eigenvalue weighted by Gasteiger charge is -2.24. The summed E-state index contributed by atoms with van der Waals surface area (Å²) in [5.74, 6) is 2.22. The molecular formula is C13H27NO2S. The topological polar surface area (TPSA) is 38.3 Å². The lowest BCUT2D eigenvalue weighted by Crippen LogP contribution is -2.40. The molecule has 1 fully saturated rings. The third-order valence-corrected chi connectivity index (χ3v) is 4.86. The van der Waals surface area contributed by atoms with Crippen molar-refractivity contribution in [3.05, 3.63) is 0 Å². The molecule has 0 aliphatic heterocycles. The van der Waals surface area contributed by atoms with Crippen molar-refractivity contribution >= 4 is 10.8 Å². The molecule has 102 valence electrons. The van der Waals surface area contributed by atoms with Gasteiger partial charge in [-0.15, -0.1) is 0 Å². The zero-order valence-electron chi connectivity index (χ0n) is 11.2. The molecule has 4 heteroatoms. The lowest BCUT2D eigenvalue weighted by atomic mass is 10.00. The summed E-state index contributed by atoms with van der Waals surface area (Å²) in [5.41, 5.74) is 0. The fraction of sp³-hybridized carbons (Fsp3) is 1.00. The Morgan fingerprint density at radius 3 is 2.71 bits per heavy atom. The highest BCUT2D eigenvalue weighted by Crippen LogP contribution is 2.28. The summed E-state index contributed by atoms with van der Waals surface area (Å²) in [7, 11) is 0.931. The minimum absolute atomic E-state index is 0.454. The molecule has 17 heavy (non-hydrogen) atoms. The van der Waals surface area contributed by atoms with Gasteiger partial charge in [0.25, 0.3) is 0 Å². The first-order valence-corrected chi connectivity index (χ1v) is 8.34. The van der Waals surface area contributed by atoms with Crippen molar-refractivity contribution in [2.24, 2.45) is 5.92 Å². The van der Waals surface area contributed by atoms with Crippen LogP contribution in [-0.4, -0.2) is 42.0 Å². The van der Waals surface area contributed by atoms with E-state index in [0.717, 1.165) is 24.6 Å². The van der Waals surface area contributed by atoms with Crippen molar-refractivity contribution < 1.29 is 8.95 Å². The molecule has 1 saturated carbocycles. The molecule has 2 atom stereocenters. The summed E-state index contributed by atoms with van der Waals surface area (Å²) >= 11 is 0. The van der Waals surface area contributed by atoms with Gasteiger partial charge in [-0.1, -0.05) is 19.8 Å². The van der Waals surface area contributed by atoms with E-state index < -0.39 is 10.8 Å². The Hall–Kier alpha value is 0.0700. The van der Waals surface area contributed by atoms with Crippen LogP contribution in [-0.2, 0) is 15.5 Å². The van der Waals surface area contributed by atoms with Crippen molar-refractivity contribution in [3.63, 3.8) is 0 Å². The molecule has 1 N–H and O–H groups in total. The minimum atomic E-state index is -0.737. The quantitative estimate of drug-likeness (QED) is 0.689. The van der Waals surface area contributed by atoms with Gasteiger partial charge in [-0.25, -0.2) is 0 Å². The van der Waals surface area contributed by atoms with Crippen LogP contribution in [0.2, 0.25) is 0 Å². The zero-order valence-corrected chi connectivity index (χ0v) is 12.1. The number of nitrogens with one attached hydrogen (secondary N) is 1. The Balaban J connectivity index is 2.36. The molecule has 1 aliphatic rings. The summed E-state index contributed by atoms with van der Waals surface area (Å²) in [6.45, 7) is 3.83. The first-order valence-electron chi connectivity index (χ1n) is 6.85. The summed E-state index contributed by atoms with van der Waals surface area (Å²) < 4.78 is 16.9. The normalized spacial score (nSPS) is 20.6. The fourth-order valence-corrected chi connectivity index (χ4v) is 3.82. The van der Waals surface area contributed by atoms with Gasteiger partial charge in [-0.3, -0.25) is 4.21 Å². The molecule has 0 heterocycles. The minimum Gasteiger partial charge on any atom is -0.384 e. The Morgan fingerprint density at radius 2 is 2.12 bits per heavy atom. The van der Waals surface area contributed by atoms with Crippen LogP contribution in [0.15, 0.2) is 0 Å². The molecule has 3 nitrogen and oxygen atoms in total. The van der Waals surface area contributed by atoms with Gasteiger partial charge in [0.1, 0.15) is 0 Å². The van der Waals surface area contributed by atoms with E-state index in [1.165, 1.54) is 25.7 Å². The molecule has 0 spiro atoms. The fourth-order valence-electron chi connectivity index (χ4n) is 2.51. The maximum Gasteiger partial charge on any atom is 0.0577 e. The molecule has 1 aliphatic carbocycles. The maximum atomic E-state index is 11.9. The van der Waals surface area contributed by atoms with E-state index in [4.69, 9.17) is 4.74 Å². The van der Waals surface area contributed by atoms with Gasteiger partial charge >= 0.3 is 0 Å². The van der Waals surface area contributed by atoms with Gasteiger partial charge in [0.2, 0.25) is 0 Å². The van der Waals surface area contributed by atoms with Gasteiger partial charge in [-0.2, -0.15) is 0 Å². The van der Waals surface area contributed by atoms with Gasteiger partial charge < -0.3 is 10.1 Å². The van der Waals surface area contributed by atoms with Gasteiger partial charge in [0.05, 0.1) is 6.61 Å². The third-order valence-electron chi connectivity index (χ3n) is 3.51. The van der Waals surface area contributed by atoms with Crippen LogP contribution in [0.4, 0.5) is 0 Å². The van der Waals surface area contributed by atoms with Crippen LogP contribution in [0.5, 0.6) is 0 Å². The van der Waals surface area contributed by atoms with Crippen molar-refractivity contribution in [1.29, 1.82) is 0 Å². The SMILES string of the molecule is CCCNC(CS(=O)CCOC)C1CCCC1. The van der Waals surface area contributed by atoms with Crippen molar-refractivity contribution in [3.8, 4) is 0 Å². The van der Waals surface area contributed by atoms with E-state index in [2.05, 4.69) is 12.2 Å². The second-order valence-electron chi connectivity index (χ2n) is 4.91. The molecule has 0 amide bonds. The number of ether oxygens (including phenoxy) is 1. The number of rotatable bonds is 9. The molecule has 0 radical (unpaired) electrons. The highest BCUT2D eigenvalue weighted by molar-refractivity contribution is 7.85. The van der Waals surface area contributed by atoms with Crippen LogP contribution in [0.25, 0.3) is 0 Å². The second-order valence-corrected chi connectivity index (χ2v) is 6.53. The van der Waals surface area contributed by atoms with E-state index in [1.54, 1.807) is 7.11 Å². The van der Waals surface area contributed by atoms with E-state index >= 15 is 0 Å². The van der Waals surface area contributed by atoms with E-state index in [1.807, 2.05) is 0 Å². The van der Waals surface area contributed by atoms with Crippen LogP contribution in [0.3, 0.4) is 0 Å². The lowest BCUT2D eigenvalue weighted by molar-refractivity contribution is 0.218. The Bertz CT molecular complexity index is 217. The Kier molecular flexibility index (Phi) is 8.06. The third kappa shape index (κ3) is 5.98. The second kappa shape index (κ2) is 9.06. The molecule has 0 aromatic heterocycles. The van der Waals surface area contributed by atoms with Crippen molar-refractivity contribution in [2.75, 3.05) is 31.8 Å². The monoisotopic (exact) mass is 261 g/mol. The van der Waals surface area contributed by atoms with Crippen molar-refractivity contribution in [1.82, 2.24) is 5.32 Å². The first-order chi connectivity index (χ1) is 8.27. The molecule has 0 aromatic carbocycles. The highest BCUT2D eigenvalue weighted by Gasteiger charge is 2.25. The predicted octanol–water partition coefficient (Wildman–Crippen LogP) is 1.94. The number of hydrogen-bond acceptors (Lipinski definition) is 3. The summed E-state index contributed by atoms with van der Waals surface area (Å²) in [5, 5.41) is 3.58. The molecule has 0 saturated heterocycles. The van der Waals surface area contributed by atoms with Gasteiger partial charge in [-0.05, 0) is 31.7 Å². The standard InChI is InChI=1S/C13H27NO2S/c1-3-8-14-13(12-6-4-5-7-12)11-17(15)10-9-16-2/h12-14H,3-11H2,1-2H3. The first kappa shape index (κ1) is 15.1. The Morgan fingerprint density at radius 1 is 1.41 bits per heavy atom. The van der Waals surface area contributed by atoms with E-state index in [-0.39, 0.29) is 0 Å². The molecular weight excluding hydrogens is 234 g/mol. The van der Waals surface area contributed by atoms with Crippen molar-refractivity contribution in [2.45, 2.75) is 45.1 Å². The van der Waals surface area contributed by atoms with E-state index in [0.29, 0.717) is 18.4 Å². The average molecular weight is 261 g/mol. The molecule has 1 rings (SSSR count). The van der Waals surface area contributed by atoms with Gasteiger partial charge in [0, 0.05) is 35.5 Å². The maximum absolute atomic E-state index is 11.9. The molecule has 0 bridgehead atoms. The molecule has 2 unspecified atom stereocenters. The number of hydrogen-bond donors (Lipinski definition) is 1. The Labute approximate surface area is 108 Å². The highest BCUT2D eigenvalue weighted by atomic mass is 32.2. The summed E-state index contributed by atoms with van der Waals surface area (Å²) in [4.78, 5) is 0. The average Bonchev–Trinajstić information content (AvgIpc) is 2.85. The van der Waals surface area contributed by atoms with Crippen LogP contribution < -0.4 is 5.32 Å². The summed E-state index contributed by atoms with van der Waals surface area (Å²) in [6.07, 6.45) is 6.46. The van der Waals surface area contributed by atoms with Crippen LogP contribution >= 0.6 is 0 Å². The number of methoxy groups -OCH3 is 1. The predicted molar refractivity (Wildman–Crippen MR) is 73.8 cm³/mol. The molecule has 0 aromatic rings. The van der Waals surface area contributed by atoms with Gasteiger partial charge in [0.15, 0.2) is 0 Å². The summed E-state index contributed by atoms with van der Waals surface area (Å²) in [6, 6.07) is 0.454. The smallest absolute Gasteiger partial charge is 0.0577 e. The zero-order chi connectivity index (χ0) is 12.5. The van der Waals surface area contributed by atoms with E-state index in [9.17, 15) is 4.21 Å². The largest absolute Gasteiger partial charge is 0.384 e. The van der Waals surface area contributed by atoms with Crippen LogP contribution in [0.1, 0.15) is 39.0 Å².